The fourth-order valence-corrected chi connectivity index (χ4v) is 5.10. The molecule has 1 aromatic heterocycles. The number of thioether (sulfide) groups is 1. The van der Waals surface area contributed by atoms with Gasteiger partial charge in [-0.15, -0.1) is 23.1 Å². The summed E-state index contributed by atoms with van der Waals surface area (Å²) in [5, 5.41) is 3.10. The third-order valence-electron chi connectivity index (χ3n) is 4.22. The van der Waals surface area contributed by atoms with Crippen molar-refractivity contribution in [1.82, 2.24) is 0 Å². The van der Waals surface area contributed by atoms with Crippen LogP contribution in [0.25, 0.3) is 0 Å². The van der Waals surface area contributed by atoms with E-state index in [1.54, 1.807) is 0 Å². The first kappa shape index (κ1) is 19.4. The Labute approximate surface area is 165 Å². The van der Waals surface area contributed by atoms with Crippen LogP contribution in [0.2, 0.25) is 0 Å². The number of carbonyl (C=O) groups is 3. The zero-order valence-electron chi connectivity index (χ0n) is 14.9. The molecule has 0 spiro atoms. The van der Waals surface area contributed by atoms with Crippen LogP contribution in [0.1, 0.15) is 32.8 Å². The Morgan fingerprint density at radius 3 is 2.78 bits per heavy atom. The fourth-order valence-electron chi connectivity index (χ4n) is 2.96. The molecule has 1 aliphatic carbocycles. The van der Waals surface area contributed by atoms with Crippen molar-refractivity contribution in [3.63, 3.8) is 0 Å². The highest BCUT2D eigenvalue weighted by molar-refractivity contribution is 8.00. The highest BCUT2D eigenvalue weighted by Gasteiger charge is 2.26. The molecule has 0 fully saturated rings. The van der Waals surface area contributed by atoms with Gasteiger partial charge in [-0.3, -0.25) is 14.4 Å². The number of amides is 2. The first-order chi connectivity index (χ1) is 13.0. The Morgan fingerprint density at radius 2 is 2.04 bits per heavy atom. The summed E-state index contributed by atoms with van der Waals surface area (Å²) >= 11 is 2.74. The standard InChI is InChI=1S/C19H20N2O4S2/c1-11-5-2-3-7-13(11)26-10-16(23)25-9-15(22)21-19-17(18(20)24)12-6-4-8-14(12)27-19/h2-3,5,7H,4,6,8-10H2,1H3,(H2,20,24)(H,21,22). The molecule has 8 heteroatoms. The van der Waals surface area contributed by atoms with Crippen molar-refractivity contribution in [3.05, 3.63) is 45.8 Å². The Morgan fingerprint density at radius 1 is 1.26 bits per heavy atom. The minimum atomic E-state index is -0.545. The number of nitrogens with one attached hydrogen (secondary N) is 1. The van der Waals surface area contributed by atoms with E-state index in [2.05, 4.69) is 5.32 Å². The van der Waals surface area contributed by atoms with Crippen LogP contribution in [0, 0.1) is 6.92 Å². The maximum absolute atomic E-state index is 12.1. The molecule has 1 aliphatic rings. The number of ether oxygens (including phenoxy) is 1. The van der Waals surface area contributed by atoms with Crippen LogP contribution in [0.3, 0.4) is 0 Å². The van der Waals surface area contributed by atoms with Crippen LogP contribution in [-0.2, 0) is 27.2 Å². The summed E-state index contributed by atoms with van der Waals surface area (Å²) < 4.78 is 5.03. The Kier molecular flexibility index (Phi) is 6.18. The number of esters is 1. The van der Waals surface area contributed by atoms with Crippen molar-refractivity contribution in [1.29, 1.82) is 0 Å². The van der Waals surface area contributed by atoms with Gasteiger partial charge in [0.2, 0.25) is 0 Å². The normalized spacial score (nSPS) is 12.5. The van der Waals surface area contributed by atoms with Gasteiger partial charge in [0.15, 0.2) is 6.61 Å². The molecule has 6 nitrogen and oxygen atoms in total. The molecule has 2 aromatic rings. The molecule has 0 radical (unpaired) electrons. The Bertz CT molecular complexity index is 892. The monoisotopic (exact) mass is 404 g/mol. The number of carbonyl (C=O) groups excluding carboxylic acids is 3. The molecule has 0 unspecified atom stereocenters. The summed E-state index contributed by atoms with van der Waals surface area (Å²) in [5.41, 5.74) is 7.88. The molecule has 3 rings (SSSR count). The van der Waals surface area contributed by atoms with Gasteiger partial charge in [0.1, 0.15) is 5.00 Å². The van der Waals surface area contributed by atoms with Crippen molar-refractivity contribution in [2.45, 2.75) is 31.1 Å². The number of fused-ring (bicyclic) bond motifs is 1. The van der Waals surface area contributed by atoms with Crippen LogP contribution in [0.4, 0.5) is 5.00 Å². The minimum absolute atomic E-state index is 0.123. The highest BCUT2D eigenvalue weighted by atomic mass is 32.2. The number of hydrogen-bond acceptors (Lipinski definition) is 6. The number of thiophene rings is 1. The van der Waals surface area contributed by atoms with Gasteiger partial charge >= 0.3 is 5.97 Å². The van der Waals surface area contributed by atoms with E-state index in [1.807, 2.05) is 31.2 Å². The van der Waals surface area contributed by atoms with Gasteiger partial charge in [-0.05, 0) is 43.4 Å². The lowest BCUT2D eigenvalue weighted by Gasteiger charge is -2.08. The van der Waals surface area contributed by atoms with Gasteiger partial charge in [-0.25, -0.2) is 0 Å². The second-order valence-corrected chi connectivity index (χ2v) is 8.31. The fraction of sp³-hybridized carbons (Fsp3) is 0.316. The molecular weight excluding hydrogens is 384 g/mol. The maximum Gasteiger partial charge on any atom is 0.316 e. The molecule has 1 heterocycles. The zero-order valence-corrected chi connectivity index (χ0v) is 16.5. The van der Waals surface area contributed by atoms with Gasteiger partial charge < -0.3 is 15.8 Å². The smallest absolute Gasteiger partial charge is 0.316 e. The average Bonchev–Trinajstić information content (AvgIpc) is 3.19. The molecule has 2 amide bonds. The number of primary amides is 1. The summed E-state index contributed by atoms with van der Waals surface area (Å²) in [7, 11) is 0. The second kappa shape index (κ2) is 8.58. The summed E-state index contributed by atoms with van der Waals surface area (Å²) in [5.74, 6) is -1.37. The van der Waals surface area contributed by atoms with Gasteiger partial charge in [0, 0.05) is 9.77 Å². The molecule has 0 saturated heterocycles. The van der Waals surface area contributed by atoms with Crippen molar-refractivity contribution < 1.29 is 19.1 Å². The molecule has 0 bridgehead atoms. The number of anilines is 1. The number of nitrogens with two attached hydrogens (primary N) is 1. The lowest BCUT2D eigenvalue weighted by atomic mass is 10.1. The van der Waals surface area contributed by atoms with E-state index in [0.29, 0.717) is 10.6 Å². The third-order valence-corrected chi connectivity index (χ3v) is 6.58. The number of benzene rings is 1. The predicted octanol–water partition coefficient (Wildman–Crippen LogP) is 2.92. The molecule has 27 heavy (non-hydrogen) atoms. The molecule has 1 aromatic carbocycles. The average molecular weight is 405 g/mol. The number of rotatable bonds is 7. The van der Waals surface area contributed by atoms with E-state index < -0.39 is 24.4 Å². The van der Waals surface area contributed by atoms with Crippen LogP contribution in [0.5, 0.6) is 0 Å². The van der Waals surface area contributed by atoms with Crippen molar-refractivity contribution in [3.8, 4) is 0 Å². The van der Waals surface area contributed by atoms with E-state index >= 15 is 0 Å². The van der Waals surface area contributed by atoms with Crippen LogP contribution < -0.4 is 11.1 Å². The highest BCUT2D eigenvalue weighted by Crippen LogP contribution is 2.38. The SMILES string of the molecule is Cc1ccccc1SCC(=O)OCC(=O)Nc1sc2c(c1C(N)=O)CCC2. The quantitative estimate of drug-likeness (QED) is 0.546. The molecule has 0 aliphatic heterocycles. The van der Waals surface area contributed by atoms with Crippen molar-refractivity contribution >= 4 is 45.9 Å². The number of hydrogen-bond donors (Lipinski definition) is 2. The van der Waals surface area contributed by atoms with Crippen LogP contribution >= 0.6 is 23.1 Å². The van der Waals surface area contributed by atoms with E-state index in [-0.39, 0.29) is 5.75 Å². The summed E-state index contributed by atoms with van der Waals surface area (Å²) in [4.78, 5) is 37.8. The summed E-state index contributed by atoms with van der Waals surface area (Å²) in [6.45, 7) is 1.57. The Balaban J connectivity index is 1.51. The van der Waals surface area contributed by atoms with E-state index in [0.717, 1.165) is 40.2 Å². The van der Waals surface area contributed by atoms with Crippen LogP contribution in [-0.4, -0.2) is 30.1 Å². The van der Waals surface area contributed by atoms with Gasteiger partial charge in [0.05, 0.1) is 11.3 Å². The third kappa shape index (κ3) is 4.70. The van der Waals surface area contributed by atoms with E-state index in [4.69, 9.17) is 10.5 Å². The molecular formula is C19H20N2O4S2. The molecule has 0 atom stereocenters. The lowest BCUT2D eigenvalue weighted by molar-refractivity contribution is -0.144. The van der Waals surface area contributed by atoms with Gasteiger partial charge in [-0.2, -0.15) is 0 Å². The zero-order chi connectivity index (χ0) is 19.4. The summed E-state index contributed by atoms with van der Waals surface area (Å²) in [6, 6.07) is 7.74. The van der Waals surface area contributed by atoms with E-state index in [9.17, 15) is 14.4 Å². The summed E-state index contributed by atoms with van der Waals surface area (Å²) in [6.07, 6.45) is 2.68. The maximum atomic E-state index is 12.1. The first-order valence-corrected chi connectivity index (χ1v) is 10.3. The minimum Gasteiger partial charge on any atom is -0.455 e. The topological polar surface area (TPSA) is 98.5 Å². The van der Waals surface area contributed by atoms with E-state index in [1.165, 1.54) is 23.1 Å². The second-order valence-electron chi connectivity index (χ2n) is 6.19. The van der Waals surface area contributed by atoms with Gasteiger partial charge in [0.25, 0.3) is 11.8 Å². The van der Waals surface area contributed by atoms with Crippen molar-refractivity contribution in [2.24, 2.45) is 5.73 Å². The lowest BCUT2D eigenvalue weighted by Crippen LogP contribution is -2.23. The Hall–Kier alpha value is -2.32. The van der Waals surface area contributed by atoms with Crippen molar-refractivity contribution in [2.75, 3.05) is 17.7 Å². The number of aryl methyl sites for hydroxylation is 2. The molecule has 0 saturated carbocycles. The predicted molar refractivity (Wildman–Crippen MR) is 106 cm³/mol. The van der Waals surface area contributed by atoms with Crippen LogP contribution in [0.15, 0.2) is 29.2 Å². The largest absolute Gasteiger partial charge is 0.455 e. The molecule has 142 valence electrons. The first-order valence-electron chi connectivity index (χ1n) is 8.54. The molecule has 3 N–H and O–H groups in total. The van der Waals surface area contributed by atoms with Gasteiger partial charge in [-0.1, -0.05) is 18.2 Å².